The Morgan fingerprint density at radius 3 is 2.35 bits per heavy atom. The summed E-state index contributed by atoms with van der Waals surface area (Å²) in [5.41, 5.74) is 1.10. The lowest BCUT2D eigenvalue weighted by Crippen LogP contribution is -2.09. The van der Waals surface area contributed by atoms with Crippen LogP contribution in [0.3, 0.4) is 0 Å². The van der Waals surface area contributed by atoms with Crippen LogP contribution in [0.5, 0.6) is 0 Å². The lowest BCUT2D eigenvalue weighted by molar-refractivity contribution is 0.559. The zero-order valence-corrected chi connectivity index (χ0v) is 12.7. The van der Waals surface area contributed by atoms with Gasteiger partial charge in [-0.3, -0.25) is 0 Å². The number of aromatic nitrogens is 2. The van der Waals surface area contributed by atoms with Crippen LogP contribution >= 0.6 is 22.6 Å². The number of halogens is 1. The summed E-state index contributed by atoms with van der Waals surface area (Å²) in [5, 5.41) is 3.17. The Balaban J connectivity index is 2.27. The molecule has 0 bridgehead atoms. The van der Waals surface area contributed by atoms with Gasteiger partial charge in [0.2, 0.25) is 0 Å². The lowest BCUT2D eigenvalue weighted by atomic mass is 9.99. The minimum atomic E-state index is 0.570. The summed E-state index contributed by atoms with van der Waals surface area (Å²) < 4.78 is 1.14. The third kappa shape index (κ3) is 3.09. The number of nitrogens with one attached hydrogen (secondary N) is 1. The predicted octanol–water partition coefficient (Wildman–Crippen LogP) is 3.87. The molecule has 3 nitrogen and oxygen atoms in total. The number of anilines is 1. The van der Waals surface area contributed by atoms with E-state index in [2.05, 4.69) is 44.8 Å². The maximum atomic E-state index is 4.69. The highest BCUT2D eigenvalue weighted by Gasteiger charge is 2.19. The van der Waals surface area contributed by atoms with Crippen molar-refractivity contribution in [1.29, 1.82) is 0 Å². The molecule has 1 aliphatic rings. The van der Waals surface area contributed by atoms with Crippen molar-refractivity contribution in [2.24, 2.45) is 0 Å². The zero-order valence-electron chi connectivity index (χ0n) is 10.6. The van der Waals surface area contributed by atoms with Crippen molar-refractivity contribution < 1.29 is 0 Å². The first kappa shape index (κ1) is 13.1. The first-order valence-corrected chi connectivity index (χ1v) is 7.52. The monoisotopic (exact) mass is 345 g/mol. The summed E-state index contributed by atoms with van der Waals surface area (Å²) in [4.78, 5) is 9.38. The van der Waals surface area contributed by atoms with Crippen LogP contribution in [0, 0.1) is 10.5 Å². The molecule has 2 rings (SSSR count). The van der Waals surface area contributed by atoms with Gasteiger partial charge in [-0.15, -0.1) is 0 Å². The van der Waals surface area contributed by atoms with E-state index in [9.17, 15) is 0 Å². The minimum absolute atomic E-state index is 0.570. The van der Waals surface area contributed by atoms with Crippen LogP contribution in [0.25, 0.3) is 0 Å². The standard InChI is InChI=1S/C13H20IN3/c1-9-11(14)13(15-2)17-12(16-9)10-7-5-3-4-6-8-10/h10H,3-8H2,1-2H3,(H,15,16,17). The third-order valence-electron chi connectivity index (χ3n) is 3.49. The van der Waals surface area contributed by atoms with Gasteiger partial charge in [0.1, 0.15) is 11.6 Å². The second kappa shape index (κ2) is 5.98. The van der Waals surface area contributed by atoms with Crippen LogP contribution in [-0.2, 0) is 0 Å². The lowest BCUT2D eigenvalue weighted by Gasteiger charge is -2.15. The van der Waals surface area contributed by atoms with Crippen LogP contribution in [0.15, 0.2) is 0 Å². The Kier molecular flexibility index (Phi) is 4.59. The van der Waals surface area contributed by atoms with Crippen molar-refractivity contribution in [2.45, 2.75) is 51.4 Å². The fourth-order valence-electron chi connectivity index (χ4n) is 2.47. The smallest absolute Gasteiger partial charge is 0.143 e. The van der Waals surface area contributed by atoms with Gasteiger partial charge in [-0.05, 0) is 42.4 Å². The van der Waals surface area contributed by atoms with E-state index in [1.165, 1.54) is 38.5 Å². The van der Waals surface area contributed by atoms with Crippen LogP contribution in [0.4, 0.5) is 5.82 Å². The van der Waals surface area contributed by atoms with Gasteiger partial charge >= 0.3 is 0 Å². The van der Waals surface area contributed by atoms with Crippen molar-refractivity contribution in [3.8, 4) is 0 Å². The molecule has 0 amide bonds. The Labute approximate surface area is 117 Å². The molecule has 0 saturated heterocycles. The SMILES string of the molecule is CNc1nc(C2CCCCCC2)nc(C)c1I. The summed E-state index contributed by atoms with van der Waals surface area (Å²) in [6.45, 7) is 2.07. The second-order valence-electron chi connectivity index (χ2n) is 4.77. The van der Waals surface area contributed by atoms with Crippen molar-refractivity contribution in [2.75, 3.05) is 12.4 Å². The first-order chi connectivity index (χ1) is 8.22. The number of nitrogens with zero attached hydrogens (tertiary/aromatic N) is 2. The van der Waals surface area contributed by atoms with E-state index >= 15 is 0 Å². The van der Waals surface area contributed by atoms with Crippen LogP contribution < -0.4 is 5.32 Å². The summed E-state index contributed by atoms with van der Waals surface area (Å²) in [5.74, 6) is 2.60. The van der Waals surface area contributed by atoms with Gasteiger partial charge in [-0.25, -0.2) is 9.97 Å². The molecule has 4 heteroatoms. The van der Waals surface area contributed by atoms with Gasteiger partial charge in [0.05, 0.1) is 9.26 Å². The fourth-order valence-corrected chi connectivity index (χ4v) is 2.98. The molecule has 0 radical (unpaired) electrons. The average Bonchev–Trinajstić information content (AvgIpc) is 2.61. The maximum Gasteiger partial charge on any atom is 0.143 e. The Morgan fingerprint density at radius 2 is 1.76 bits per heavy atom. The van der Waals surface area contributed by atoms with Gasteiger partial charge in [0.25, 0.3) is 0 Å². The van der Waals surface area contributed by atoms with Gasteiger partial charge in [-0.2, -0.15) is 0 Å². The molecule has 94 valence electrons. The van der Waals surface area contributed by atoms with Crippen molar-refractivity contribution >= 4 is 28.4 Å². The van der Waals surface area contributed by atoms with Gasteiger partial charge in [0.15, 0.2) is 0 Å². The van der Waals surface area contributed by atoms with Crippen LogP contribution in [-0.4, -0.2) is 17.0 Å². The van der Waals surface area contributed by atoms with Crippen molar-refractivity contribution in [3.05, 3.63) is 15.1 Å². The summed E-state index contributed by atoms with van der Waals surface area (Å²) in [6, 6.07) is 0. The molecular formula is C13H20IN3. The highest BCUT2D eigenvalue weighted by Crippen LogP contribution is 2.31. The van der Waals surface area contributed by atoms with Crippen LogP contribution in [0.2, 0.25) is 0 Å². The van der Waals surface area contributed by atoms with Crippen LogP contribution in [0.1, 0.15) is 56.0 Å². The fraction of sp³-hybridized carbons (Fsp3) is 0.692. The van der Waals surface area contributed by atoms with E-state index < -0.39 is 0 Å². The maximum absolute atomic E-state index is 4.69. The Morgan fingerprint density at radius 1 is 1.12 bits per heavy atom. The molecule has 1 aliphatic carbocycles. The molecule has 17 heavy (non-hydrogen) atoms. The van der Waals surface area contributed by atoms with Crippen molar-refractivity contribution in [1.82, 2.24) is 9.97 Å². The number of hydrogen-bond donors (Lipinski definition) is 1. The van der Waals surface area contributed by atoms with E-state index in [4.69, 9.17) is 0 Å². The number of aryl methyl sites for hydroxylation is 1. The van der Waals surface area contributed by atoms with Gasteiger partial charge in [0, 0.05) is 13.0 Å². The van der Waals surface area contributed by atoms with Gasteiger partial charge in [-0.1, -0.05) is 25.7 Å². The van der Waals surface area contributed by atoms with E-state index in [-0.39, 0.29) is 0 Å². The predicted molar refractivity (Wildman–Crippen MR) is 79.5 cm³/mol. The molecule has 1 heterocycles. The zero-order chi connectivity index (χ0) is 12.3. The highest BCUT2D eigenvalue weighted by atomic mass is 127. The molecular weight excluding hydrogens is 325 g/mol. The van der Waals surface area contributed by atoms with E-state index in [0.29, 0.717) is 5.92 Å². The molecule has 0 spiro atoms. The Bertz CT molecular complexity index is 384. The summed E-state index contributed by atoms with van der Waals surface area (Å²) in [7, 11) is 1.93. The topological polar surface area (TPSA) is 37.8 Å². The second-order valence-corrected chi connectivity index (χ2v) is 5.85. The highest BCUT2D eigenvalue weighted by molar-refractivity contribution is 14.1. The normalized spacial score (nSPS) is 17.8. The average molecular weight is 345 g/mol. The van der Waals surface area contributed by atoms with E-state index in [0.717, 1.165) is 20.9 Å². The molecule has 1 N–H and O–H groups in total. The summed E-state index contributed by atoms with van der Waals surface area (Å²) in [6.07, 6.45) is 7.91. The third-order valence-corrected chi connectivity index (χ3v) is 4.78. The molecule has 1 saturated carbocycles. The molecule has 0 atom stereocenters. The number of rotatable bonds is 2. The molecule has 1 aromatic heterocycles. The van der Waals surface area contributed by atoms with Gasteiger partial charge < -0.3 is 5.32 Å². The first-order valence-electron chi connectivity index (χ1n) is 6.44. The molecule has 0 unspecified atom stereocenters. The summed E-state index contributed by atoms with van der Waals surface area (Å²) >= 11 is 2.31. The van der Waals surface area contributed by atoms with Crippen molar-refractivity contribution in [3.63, 3.8) is 0 Å². The largest absolute Gasteiger partial charge is 0.372 e. The molecule has 0 aromatic carbocycles. The van der Waals surface area contributed by atoms with E-state index in [1.807, 2.05) is 7.05 Å². The quantitative estimate of drug-likeness (QED) is 0.653. The van der Waals surface area contributed by atoms with E-state index in [1.54, 1.807) is 0 Å². The number of hydrogen-bond acceptors (Lipinski definition) is 3. The Hall–Kier alpha value is -0.390. The molecule has 1 aromatic rings. The molecule has 0 aliphatic heterocycles. The molecule has 1 fully saturated rings. The minimum Gasteiger partial charge on any atom is -0.372 e.